The van der Waals surface area contributed by atoms with Crippen LogP contribution in [-0.4, -0.2) is 39.1 Å². The average Bonchev–Trinajstić information content (AvgIpc) is 2.53. The number of carbonyl (C=O) groups is 2. The van der Waals surface area contributed by atoms with Gasteiger partial charge in [0.05, 0.1) is 6.61 Å². The summed E-state index contributed by atoms with van der Waals surface area (Å²) in [6, 6.07) is 7.58. The van der Waals surface area contributed by atoms with Gasteiger partial charge in [0.1, 0.15) is 5.75 Å². The molecule has 2 amide bonds. The first-order valence-electron chi connectivity index (χ1n) is 7.26. The maximum Gasteiger partial charge on any atom is 0.251 e. The lowest BCUT2D eigenvalue weighted by molar-refractivity contribution is -0.121. The number of imide groups is 1. The van der Waals surface area contributed by atoms with E-state index in [9.17, 15) is 9.59 Å². The Labute approximate surface area is 131 Å². The van der Waals surface area contributed by atoms with Crippen LogP contribution in [0.5, 0.6) is 5.75 Å². The zero-order valence-electron chi connectivity index (χ0n) is 13.0. The molecule has 2 N–H and O–H groups in total. The van der Waals surface area contributed by atoms with Gasteiger partial charge >= 0.3 is 0 Å². The molecule has 0 aliphatic rings. The lowest BCUT2D eigenvalue weighted by atomic mass is 10.3. The molecule has 0 fully saturated rings. The standard InChI is InChI=1S/C16H23N3O3/c1-3-17-10-4-12-22-15-7-5-14(6-8-15)19(2)11-9-16(21)18-13-20/h5-9,11,13,17H,3-4,10,12H2,1-2H3,(H,18,20,21)/b11-9-. The number of carbonyl (C=O) groups excluding carboxylic acids is 2. The summed E-state index contributed by atoms with van der Waals surface area (Å²) in [6.45, 7) is 4.67. The second-order valence-corrected chi connectivity index (χ2v) is 4.60. The lowest BCUT2D eigenvalue weighted by Crippen LogP contribution is -2.19. The molecule has 0 atom stereocenters. The molecule has 6 heteroatoms. The topological polar surface area (TPSA) is 70.7 Å². The molecule has 0 saturated carbocycles. The summed E-state index contributed by atoms with van der Waals surface area (Å²) >= 11 is 0. The van der Waals surface area contributed by atoms with Gasteiger partial charge in [-0.2, -0.15) is 0 Å². The Kier molecular flexibility index (Phi) is 8.37. The van der Waals surface area contributed by atoms with E-state index >= 15 is 0 Å². The summed E-state index contributed by atoms with van der Waals surface area (Å²) < 4.78 is 5.64. The van der Waals surface area contributed by atoms with Gasteiger partial charge in [-0.15, -0.1) is 0 Å². The number of nitrogens with zero attached hydrogens (tertiary/aromatic N) is 1. The molecular formula is C16H23N3O3. The van der Waals surface area contributed by atoms with Gasteiger partial charge < -0.3 is 15.0 Å². The van der Waals surface area contributed by atoms with Gasteiger partial charge in [0, 0.05) is 25.0 Å². The van der Waals surface area contributed by atoms with E-state index in [-0.39, 0.29) is 0 Å². The first-order valence-corrected chi connectivity index (χ1v) is 7.26. The Morgan fingerprint density at radius 3 is 2.68 bits per heavy atom. The van der Waals surface area contributed by atoms with Crippen molar-refractivity contribution < 1.29 is 14.3 Å². The molecule has 0 radical (unpaired) electrons. The van der Waals surface area contributed by atoms with Crippen molar-refractivity contribution in [3.63, 3.8) is 0 Å². The lowest BCUT2D eigenvalue weighted by Gasteiger charge is -2.14. The third kappa shape index (κ3) is 6.90. The van der Waals surface area contributed by atoms with Gasteiger partial charge in [-0.1, -0.05) is 6.92 Å². The first kappa shape index (κ1) is 17.7. The number of rotatable bonds is 10. The summed E-state index contributed by atoms with van der Waals surface area (Å²) in [7, 11) is 1.82. The number of ether oxygens (including phenoxy) is 1. The van der Waals surface area contributed by atoms with Crippen LogP contribution in [0.1, 0.15) is 13.3 Å². The molecular weight excluding hydrogens is 282 g/mol. The molecule has 1 rings (SSSR count). The average molecular weight is 305 g/mol. The Balaban J connectivity index is 2.43. The number of nitrogens with one attached hydrogen (secondary N) is 2. The van der Waals surface area contributed by atoms with Gasteiger partial charge in [-0.25, -0.2) is 0 Å². The summed E-state index contributed by atoms with van der Waals surface area (Å²) in [5, 5.41) is 5.28. The van der Waals surface area contributed by atoms with E-state index in [4.69, 9.17) is 4.74 Å². The smallest absolute Gasteiger partial charge is 0.251 e. The highest BCUT2D eigenvalue weighted by Gasteiger charge is 2.00. The quantitative estimate of drug-likeness (QED) is 0.387. The van der Waals surface area contributed by atoms with Gasteiger partial charge in [-0.05, 0) is 43.8 Å². The van der Waals surface area contributed by atoms with E-state index in [1.807, 2.05) is 36.6 Å². The molecule has 1 aromatic carbocycles. The second-order valence-electron chi connectivity index (χ2n) is 4.60. The van der Waals surface area contributed by atoms with Crippen molar-refractivity contribution in [1.29, 1.82) is 0 Å². The summed E-state index contributed by atoms with van der Waals surface area (Å²) in [5.41, 5.74) is 0.912. The highest BCUT2D eigenvalue weighted by molar-refractivity contribution is 5.94. The SMILES string of the molecule is CCNCCCOc1ccc(N(C)/C=C\C(=O)NC=O)cc1. The van der Waals surface area contributed by atoms with Crippen LogP contribution < -0.4 is 20.3 Å². The number of hydrogen-bond donors (Lipinski definition) is 2. The molecule has 6 nitrogen and oxygen atoms in total. The van der Waals surface area contributed by atoms with Crippen molar-refractivity contribution in [3.8, 4) is 5.75 Å². The molecule has 120 valence electrons. The van der Waals surface area contributed by atoms with E-state index in [2.05, 4.69) is 12.2 Å². The molecule has 0 bridgehead atoms. The fourth-order valence-electron chi connectivity index (χ4n) is 1.71. The largest absolute Gasteiger partial charge is 0.494 e. The molecule has 22 heavy (non-hydrogen) atoms. The molecule has 1 aromatic rings. The molecule has 0 saturated heterocycles. The fourth-order valence-corrected chi connectivity index (χ4v) is 1.71. The van der Waals surface area contributed by atoms with Crippen LogP contribution in [0.4, 0.5) is 5.69 Å². The van der Waals surface area contributed by atoms with E-state index in [1.165, 1.54) is 6.08 Å². The highest BCUT2D eigenvalue weighted by Crippen LogP contribution is 2.18. The maximum atomic E-state index is 11.1. The summed E-state index contributed by atoms with van der Waals surface area (Å²) in [4.78, 5) is 23.0. The predicted octanol–water partition coefficient (Wildman–Crippen LogP) is 1.29. The number of benzene rings is 1. The van der Waals surface area contributed by atoms with E-state index in [0.717, 1.165) is 30.9 Å². The molecule has 0 aromatic heterocycles. The van der Waals surface area contributed by atoms with Crippen LogP contribution in [0.3, 0.4) is 0 Å². The Morgan fingerprint density at radius 2 is 2.05 bits per heavy atom. The Hall–Kier alpha value is -2.34. The molecule has 0 unspecified atom stereocenters. The molecule has 0 aliphatic heterocycles. The van der Waals surface area contributed by atoms with Gasteiger partial charge in [-0.3, -0.25) is 14.9 Å². The van der Waals surface area contributed by atoms with E-state index < -0.39 is 5.91 Å². The molecule has 0 spiro atoms. The Morgan fingerprint density at radius 1 is 1.32 bits per heavy atom. The second kappa shape index (κ2) is 10.4. The third-order valence-corrected chi connectivity index (χ3v) is 2.91. The van der Waals surface area contributed by atoms with Crippen LogP contribution in [0, 0.1) is 0 Å². The minimum atomic E-state index is -0.456. The first-order chi connectivity index (χ1) is 10.7. The van der Waals surface area contributed by atoms with Crippen molar-refractivity contribution in [2.24, 2.45) is 0 Å². The van der Waals surface area contributed by atoms with Crippen molar-refractivity contribution in [3.05, 3.63) is 36.5 Å². The Bertz CT molecular complexity index is 486. The van der Waals surface area contributed by atoms with Crippen LogP contribution >= 0.6 is 0 Å². The van der Waals surface area contributed by atoms with Gasteiger partial charge in [0.2, 0.25) is 6.41 Å². The van der Waals surface area contributed by atoms with E-state index in [1.54, 1.807) is 11.1 Å². The van der Waals surface area contributed by atoms with Crippen molar-refractivity contribution in [1.82, 2.24) is 10.6 Å². The van der Waals surface area contributed by atoms with Crippen molar-refractivity contribution in [2.45, 2.75) is 13.3 Å². The number of anilines is 1. The summed E-state index contributed by atoms with van der Waals surface area (Å²) in [5.74, 6) is 0.360. The zero-order chi connectivity index (χ0) is 16.2. The van der Waals surface area contributed by atoms with Crippen LogP contribution in [0.2, 0.25) is 0 Å². The summed E-state index contributed by atoms with van der Waals surface area (Å²) in [6.07, 6.45) is 4.20. The van der Waals surface area contributed by atoms with Crippen molar-refractivity contribution >= 4 is 18.0 Å². The van der Waals surface area contributed by atoms with Crippen LogP contribution in [0.25, 0.3) is 0 Å². The van der Waals surface area contributed by atoms with Gasteiger partial charge in [0.25, 0.3) is 5.91 Å². The molecule has 0 heterocycles. The zero-order valence-corrected chi connectivity index (χ0v) is 13.0. The highest BCUT2D eigenvalue weighted by atomic mass is 16.5. The van der Waals surface area contributed by atoms with E-state index in [0.29, 0.717) is 13.0 Å². The van der Waals surface area contributed by atoms with Gasteiger partial charge in [0.15, 0.2) is 0 Å². The predicted molar refractivity (Wildman–Crippen MR) is 86.8 cm³/mol. The third-order valence-electron chi connectivity index (χ3n) is 2.91. The number of hydrogen-bond acceptors (Lipinski definition) is 5. The minimum absolute atomic E-state index is 0.356. The van der Waals surface area contributed by atoms with Crippen LogP contribution in [-0.2, 0) is 9.59 Å². The minimum Gasteiger partial charge on any atom is -0.494 e. The monoisotopic (exact) mass is 305 g/mol. The fraction of sp³-hybridized carbons (Fsp3) is 0.375. The van der Waals surface area contributed by atoms with Crippen LogP contribution in [0.15, 0.2) is 36.5 Å². The van der Waals surface area contributed by atoms with Crippen molar-refractivity contribution in [2.75, 3.05) is 31.6 Å². The number of amides is 2. The normalized spacial score (nSPS) is 10.5. The molecule has 0 aliphatic carbocycles. The maximum absolute atomic E-state index is 11.1.